The Morgan fingerprint density at radius 2 is 1.58 bits per heavy atom. The van der Waals surface area contributed by atoms with Gasteiger partial charge in [-0.1, -0.05) is 0 Å². The van der Waals surface area contributed by atoms with Gasteiger partial charge in [0.25, 0.3) is 5.91 Å². The number of anilines is 1. The Kier molecular flexibility index (Phi) is 5.21. The number of hydrogen-bond donors (Lipinski definition) is 0. The summed E-state index contributed by atoms with van der Waals surface area (Å²) in [5.74, 6) is -0.556. The first-order chi connectivity index (χ1) is 12.5. The zero-order valence-electron chi connectivity index (χ0n) is 14.9. The summed E-state index contributed by atoms with van der Waals surface area (Å²) >= 11 is 0. The molecule has 0 atom stereocenters. The number of piperazine rings is 1. The zero-order valence-corrected chi connectivity index (χ0v) is 14.9. The first-order valence-corrected chi connectivity index (χ1v) is 8.48. The topological polar surface area (TPSA) is 49.9 Å². The quantitative estimate of drug-likeness (QED) is 0.791. The number of amides is 1. The highest BCUT2D eigenvalue weighted by molar-refractivity contribution is 5.95. The fraction of sp³-hybridized carbons (Fsp3) is 0.300. The van der Waals surface area contributed by atoms with Gasteiger partial charge in [0.15, 0.2) is 17.3 Å². The molecule has 0 saturated carbocycles. The average molecular weight is 356 g/mol. The van der Waals surface area contributed by atoms with Crippen LogP contribution in [-0.2, 0) is 0 Å². The Labute approximate surface area is 152 Å². The molecule has 0 unspecified atom stereocenters. The van der Waals surface area contributed by atoms with Crippen LogP contribution in [0.2, 0.25) is 0 Å². The molecule has 0 N–H and O–H groups in total. The number of halogens is 1. The molecule has 1 fully saturated rings. The standard InChI is InChI=1S/C20H21FN2O3/c1-14(24)15-3-6-17(7-4-15)22-9-11-23(12-10-22)20(25)16-5-8-19(26-2)18(21)13-16/h3-8,13H,9-12H2,1-2H3. The summed E-state index contributed by atoms with van der Waals surface area (Å²) < 4.78 is 18.7. The maximum atomic E-state index is 13.8. The minimum atomic E-state index is -0.539. The molecule has 0 aliphatic carbocycles. The molecule has 6 heteroatoms. The Morgan fingerprint density at radius 1 is 0.962 bits per heavy atom. The fourth-order valence-corrected chi connectivity index (χ4v) is 3.06. The second-order valence-electron chi connectivity index (χ2n) is 6.23. The SMILES string of the molecule is COc1ccc(C(=O)N2CCN(c3ccc(C(C)=O)cc3)CC2)cc1F. The van der Waals surface area contributed by atoms with Gasteiger partial charge in [0.1, 0.15) is 0 Å². The Balaban J connectivity index is 1.63. The van der Waals surface area contributed by atoms with E-state index in [-0.39, 0.29) is 17.4 Å². The number of ether oxygens (including phenoxy) is 1. The molecule has 0 aromatic heterocycles. The van der Waals surface area contributed by atoms with Crippen molar-refractivity contribution in [3.05, 3.63) is 59.4 Å². The van der Waals surface area contributed by atoms with Crippen molar-refractivity contribution >= 4 is 17.4 Å². The highest BCUT2D eigenvalue weighted by atomic mass is 19.1. The Bertz CT molecular complexity index is 812. The third-order valence-electron chi connectivity index (χ3n) is 4.60. The third kappa shape index (κ3) is 3.69. The molecule has 1 heterocycles. The zero-order chi connectivity index (χ0) is 18.7. The summed E-state index contributed by atoms with van der Waals surface area (Å²) in [6.45, 7) is 4.02. The Morgan fingerprint density at radius 3 is 2.12 bits per heavy atom. The van der Waals surface area contributed by atoms with Gasteiger partial charge in [0.2, 0.25) is 0 Å². The van der Waals surface area contributed by atoms with E-state index < -0.39 is 5.82 Å². The van der Waals surface area contributed by atoms with E-state index in [9.17, 15) is 14.0 Å². The summed E-state index contributed by atoms with van der Waals surface area (Å²) in [6, 6.07) is 11.7. The number of benzene rings is 2. The van der Waals surface area contributed by atoms with Gasteiger partial charge in [-0.2, -0.15) is 0 Å². The average Bonchev–Trinajstić information content (AvgIpc) is 2.67. The number of hydrogen-bond acceptors (Lipinski definition) is 4. The van der Waals surface area contributed by atoms with E-state index in [0.29, 0.717) is 37.3 Å². The first-order valence-electron chi connectivity index (χ1n) is 8.48. The van der Waals surface area contributed by atoms with Crippen molar-refractivity contribution in [1.29, 1.82) is 0 Å². The fourth-order valence-electron chi connectivity index (χ4n) is 3.06. The smallest absolute Gasteiger partial charge is 0.254 e. The van der Waals surface area contributed by atoms with Crippen LogP contribution in [0.1, 0.15) is 27.6 Å². The van der Waals surface area contributed by atoms with Gasteiger partial charge in [0, 0.05) is 43.0 Å². The van der Waals surface area contributed by atoms with E-state index in [4.69, 9.17) is 4.74 Å². The number of ketones is 1. The number of carbonyl (C=O) groups is 2. The van der Waals surface area contributed by atoms with Crippen molar-refractivity contribution in [1.82, 2.24) is 4.90 Å². The summed E-state index contributed by atoms with van der Waals surface area (Å²) in [5, 5.41) is 0. The van der Waals surface area contributed by atoms with E-state index in [1.807, 2.05) is 24.3 Å². The van der Waals surface area contributed by atoms with Crippen molar-refractivity contribution in [3.63, 3.8) is 0 Å². The van der Waals surface area contributed by atoms with Crippen LogP contribution in [0.4, 0.5) is 10.1 Å². The second-order valence-corrected chi connectivity index (χ2v) is 6.23. The molecule has 1 saturated heterocycles. The second kappa shape index (κ2) is 7.56. The predicted molar refractivity (Wildman–Crippen MR) is 97.5 cm³/mol. The van der Waals surface area contributed by atoms with Crippen LogP contribution in [0.3, 0.4) is 0 Å². The van der Waals surface area contributed by atoms with E-state index in [1.165, 1.54) is 19.2 Å². The van der Waals surface area contributed by atoms with Crippen LogP contribution in [0.25, 0.3) is 0 Å². The molecule has 2 aromatic rings. The molecule has 1 aliphatic rings. The van der Waals surface area contributed by atoms with E-state index in [1.54, 1.807) is 17.9 Å². The highest BCUT2D eigenvalue weighted by Gasteiger charge is 2.23. The van der Waals surface area contributed by atoms with Gasteiger partial charge in [0.05, 0.1) is 7.11 Å². The van der Waals surface area contributed by atoms with Crippen LogP contribution in [0.5, 0.6) is 5.75 Å². The maximum absolute atomic E-state index is 13.8. The van der Waals surface area contributed by atoms with Gasteiger partial charge in [-0.25, -0.2) is 4.39 Å². The number of rotatable bonds is 4. The Hall–Kier alpha value is -2.89. The van der Waals surface area contributed by atoms with Crippen LogP contribution in [0, 0.1) is 5.82 Å². The van der Waals surface area contributed by atoms with E-state index >= 15 is 0 Å². The highest BCUT2D eigenvalue weighted by Crippen LogP contribution is 2.21. The molecule has 26 heavy (non-hydrogen) atoms. The lowest BCUT2D eigenvalue weighted by Crippen LogP contribution is -2.48. The molecule has 1 aliphatic heterocycles. The summed E-state index contributed by atoms with van der Waals surface area (Å²) in [4.78, 5) is 27.8. The lowest BCUT2D eigenvalue weighted by atomic mass is 10.1. The van der Waals surface area contributed by atoms with Crippen LogP contribution in [-0.4, -0.2) is 49.9 Å². The molecule has 0 radical (unpaired) electrons. The summed E-state index contributed by atoms with van der Waals surface area (Å²) in [6.07, 6.45) is 0. The summed E-state index contributed by atoms with van der Waals surface area (Å²) in [7, 11) is 1.39. The van der Waals surface area contributed by atoms with E-state index in [0.717, 1.165) is 5.69 Å². The molecule has 1 amide bonds. The molecule has 5 nitrogen and oxygen atoms in total. The first kappa shape index (κ1) is 17.9. The van der Waals surface area contributed by atoms with Gasteiger partial charge in [-0.15, -0.1) is 0 Å². The predicted octanol–water partition coefficient (Wildman–Crippen LogP) is 3.00. The monoisotopic (exact) mass is 356 g/mol. The van der Waals surface area contributed by atoms with Gasteiger partial charge in [-0.05, 0) is 49.4 Å². The van der Waals surface area contributed by atoms with Crippen molar-refractivity contribution in [3.8, 4) is 5.75 Å². The molecule has 0 bridgehead atoms. The van der Waals surface area contributed by atoms with Crippen molar-refractivity contribution < 1.29 is 18.7 Å². The lowest BCUT2D eigenvalue weighted by Gasteiger charge is -2.36. The molecule has 2 aromatic carbocycles. The van der Waals surface area contributed by atoms with Crippen molar-refractivity contribution in [2.45, 2.75) is 6.92 Å². The number of methoxy groups -OCH3 is 1. The number of carbonyl (C=O) groups excluding carboxylic acids is 2. The lowest BCUT2D eigenvalue weighted by molar-refractivity contribution is 0.0746. The molecule has 136 valence electrons. The van der Waals surface area contributed by atoms with Crippen molar-refractivity contribution in [2.24, 2.45) is 0 Å². The number of nitrogens with zero attached hydrogens (tertiary/aromatic N) is 2. The maximum Gasteiger partial charge on any atom is 0.254 e. The van der Waals surface area contributed by atoms with Crippen LogP contribution < -0.4 is 9.64 Å². The molecule has 0 spiro atoms. The molecular formula is C20H21FN2O3. The number of Topliss-reactive ketones (excluding diaryl/α,β-unsaturated/α-hetero) is 1. The van der Waals surface area contributed by atoms with Gasteiger partial charge >= 0.3 is 0 Å². The molecular weight excluding hydrogens is 335 g/mol. The van der Waals surface area contributed by atoms with Gasteiger partial charge < -0.3 is 14.5 Å². The van der Waals surface area contributed by atoms with Crippen molar-refractivity contribution in [2.75, 3.05) is 38.2 Å². The minimum Gasteiger partial charge on any atom is -0.494 e. The van der Waals surface area contributed by atoms with Crippen LogP contribution in [0.15, 0.2) is 42.5 Å². The van der Waals surface area contributed by atoms with Gasteiger partial charge in [-0.3, -0.25) is 9.59 Å². The summed E-state index contributed by atoms with van der Waals surface area (Å²) in [5.41, 5.74) is 2.03. The molecule has 3 rings (SSSR count). The largest absolute Gasteiger partial charge is 0.494 e. The minimum absolute atomic E-state index is 0.0405. The normalized spacial score (nSPS) is 14.3. The third-order valence-corrected chi connectivity index (χ3v) is 4.60. The van der Waals surface area contributed by atoms with Crippen LogP contribution >= 0.6 is 0 Å². The van der Waals surface area contributed by atoms with E-state index in [2.05, 4.69) is 4.90 Å².